The highest BCUT2D eigenvalue weighted by molar-refractivity contribution is 9.10. The summed E-state index contributed by atoms with van der Waals surface area (Å²) in [6.45, 7) is 8.22. The zero-order valence-electron chi connectivity index (χ0n) is 15.8. The van der Waals surface area contributed by atoms with Crippen molar-refractivity contribution in [3.63, 3.8) is 0 Å². The number of rotatable bonds is 5. The number of halogens is 2. The summed E-state index contributed by atoms with van der Waals surface area (Å²) in [6.07, 6.45) is 3.63. The van der Waals surface area contributed by atoms with Crippen LogP contribution in [-0.2, 0) is 35.7 Å². The third kappa shape index (κ3) is 6.48. The van der Waals surface area contributed by atoms with Gasteiger partial charge in [-0.1, -0.05) is 71.7 Å². The van der Waals surface area contributed by atoms with Crippen molar-refractivity contribution in [1.29, 1.82) is 0 Å². The van der Waals surface area contributed by atoms with Crippen LogP contribution in [0.15, 0.2) is 44.2 Å². The smallest absolute Gasteiger partial charge is 0.225 e. The van der Waals surface area contributed by atoms with E-state index in [9.17, 15) is 8.42 Å². The highest BCUT2D eigenvalue weighted by Crippen LogP contribution is 2.25. The van der Waals surface area contributed by atoms with Gasteiger partial charge in [0.25, 0.3) is 0 Å². The molecule has 0 aliphatic rings. The third-order valence-corrected chi connectivity index (χ3v) is 6.67. The normalized spacial score (nSPS) is 11.0. The van der Waals surface area contributed by atoms with E-state index in [4.69, 9.17) is 5.14 Å². The lowest BCUT2D eigenvalue weighted by Crippen LogP contribution is -2.15. The van der Waals surface area contributed by atoms with Crippen LogP contribution in [0.25, 0.3) is 0 Å². The van der Waals surface area contributed by atoms with Crippen molar-refractivity contribution in [1.82, 2.24) is 0 Å². The van der Waals surface area contributed by atoms with Gasteiger partial charge in [-0.2, -0.15) is 0 Å². The molecule has 2 aromatic carbocycles. The molecule has 0 amide bonds. The number of primary sulfonamides is 1. The fraction of sp³-hybridized carbons (Fsp3) is 0.400. The number of nitrogens with two attached hydrogens (primary N) is 1. The first-order chi connectivity index (χ1) is 12.2. The third-order valence-electron chi connectivity index (χ3n) is 4.20. The van der Waals surface area contributed by atoms with Gasteiger partial charge in [0.2, 0.25) is 10.0 Å². The zero-order chi connectivity index (χ0) is 19.9. The van der Waals surface area contributed by atoms with E-state index in [1.807, 2.05) is 19.9 Å². The molecule has 0 saturated carbocycles. The molecule has 0 aliphatic heterocycles. The summed E-state index contributed by atoms with van der Waals surface area (Å²) in [5, 5.41) is 5.16. The number of aryl methyl sites for hydroxylation is 4. The largest absolute Gasteiger partial charge is 0.238 e. The standard InChI is InChI=1S/C10H14BrNO2S.C10H13Br/c1-3-7-6-10(15(12,13)14)8(4-2)5-9(7)11;1-3-8-5-6-9(4-2)10(11)7-8/h5-6H,3-4H2,1-2H3,(H2,12,13,14);5-7H,3-4H2,1-2H3. The molecular weight excluding hydrogens is 478 g/mol. The Morgan fingerprint density at radius 3 is 1.73 bits per heavy atom. The monoisotopic (exact) mass is 503 g/mol. The molecule has 0 aliphatic carbocycles. The molecule has 2 rings (SSSR count). The SMILES string of the molecule is CCc1cc(S(N)(=O)=O)c(CC)cc1Br.CCc1ccc(CC)c(Br)c1. The number of benzene rings is 2. The molecule has 0 fully saturated rings. The minimum atomic E-state index is -3.62. The van der Waals surface area contributed by atoms with Gasteiger partial charge >= 0.3 is 0 Å². The van der Waals surface area contributed by atoms with Gasteiger partial charge in [-0.3, -0.25) is 0 Å². The summed E-state index contributed by atoms with van der Waals surface area (Å²) in [6, 6.07) is 10.1. The molecule has 0 radical (unpaired) electrons. The first kappa shape index (κ1) is 23.3. The Morgan fingerprint density at radius 1 is 0.769 bits per heavy atom. The zero-order valence-corrected chi connectivity index (χ0v) is 19.8. The Labute approximate surface area is 174 Å². The van der Waals surface area contributed by atoms with Gasteiger partial charge < -0.3 is 0 Å². The van der Waals surface area contributed by atoms with Gasteiger partial charge in [0.15, 0.2) is 0 Å². The lowest BCUT2D eigenvalue weighted by atomic mass is 10.1. The van der Waals surface area contributed by atoms with Crippen LogP contribution in [0.4, 0.5) is 0 Å². The summed E-state index contributed by atoms with van der Waals surface area (Å²) in [4.78, 5) is 0.241. The summed E-state index contributed by atoms with van der Waals surface area (Å²) >= 11 is 6.96. The first-order valence-electron chi connectivity index (χ1n) is 8.79. The van der Waals surface area contributed by atoms with Crippen LogP contribution in [0.5, 0.6) is 0 Å². The molecule has 0 spiro atoms. The van der Waals surface area contributed by atoms with Crippen LogP contribution in [0, 0.1) is 0 Å². The van der Waals surface area contributed by atoms with E-state index in [0.717, 1.165) is 34.9 Å². The fourth-order valence-electron chi connectivity index (χ4n) is 2.55. The van der Waals surface area contributed by atoms with Crippen LogP contribution in [-0.4, -0.2) is 8.42 Å². The van der Waals surface area contributed by atoms with E-state index in [-0.39, 0.29) is 4.90 Å². The molecule has 0 saturated heterocycles. The molecule has 0 bridgehead atoms. The van der Waals surface area contributed by atoms with Crippen molar-refractivity contribution in [2.45, 2.75) is 58.3 Å². The first-order valence-corrected chi connectivity index (χ1v) is 11.9. The second-order valence-electron chi connectivity index (χ2n) is 5.94. The van der Waals surface area contributed by atoms with Crippen LogP contribution in [0.2, 0.25) is 0 Å². The Bertz CT molecular complexity index is 849. The maximum absolute atomic E-state index is 11.4. The average Bonchev–Trinajstić information content (AvgIpc) is 2.60. The number of sulfonamides is 1. The van der Waals surface area contributed by atoms with Crippen LogP contribution >= 0.6 is 31.9 Å². The molecule has 0 atom stereocenters. The second kappa shape index (κ2) is 10.6. The molecule has 26 heavy (non-hydrogen) atoms. The van der Waals surface area contributed by atoms with Gasteiger partial charge in [-0.05, 0) is 66.1 Å². The van der Waals surface area contributed by atoms with Crippen LogP contribution in [0.1, 0.15) is 49.9 Å². The predicted octanol–water partition coefficient (Wildman–Crippen LogP) is 5.80. The van der Waals surface area contributed by atoms with Gasteiger partial charge in [-0.15, -0.1) is 0 Å². The Morgan fingerprint density at radius 2 is 1.31 bits per heavy atom. The summed E-state index contributed by atoms with van der Waals surface area (Å²) < 4.78 is 24.9. The van der Waals surface area contributed by atoms with Crippen molar-refractivity contribution < 1.29 is 8.42 Å². The quantitative estimate of drug-likeness (QED) is 0.559. The summed E-state index contributed by atoms with van der Waals surface area (Å²) in [5.74, 6) is 0. The van der Waals surface area contributed by atoms with E-state index in [1.54, 1.807) is 6.07 Å². The number of hydrogen-bond acceptors (Lipinski definition) is 2. The van der Waals surface area contributed by atoms with Crippen molar-refractivity contribution >= 4 is 41.9 Å². The summed E-state index contributed by atoms with van der Waals surface area (Å²) in [7, 11) is -3.62. The summed E-state index contributed by atoms with van der Waals surface area (Å²) in [5.41, 5.74) is 4.49. The lowest BCUT2D eigenvalue weighted by molar-refractivity contribution is 0.596. The van der Waals surface area contributed by atoms with Crippen molar-refractivity contribution in [2.24, 2.45) is 5.14 Å². The Kier molecular flexibility index (Phi) is 9.51. The predicted molar refractivity (Wildman–Crippen MR) is 117 cm³/mol. The molecule has 2 N–H and O–H groups in total. The average molecular weight is 505 g/mol. The molecule has 0 aromatic heterocycles. The number of hydrogen-bond donors (Lipinski definition) is 1. The fourth-order valence-corrected chi connectivity index (χ4v) is 4.80. The van der Waals surface area contributed by atoms with Crippen molar-refractivity contribution in [3.8, 4) is 0 Å². The molecule has 0 unspecified atom stereocenters. The maximum atomic E-state index is 11.4. The van der Waals surface area contributed by atoms with E-state index < -0.39 is 10.0 Å². The van der Waals surface area contributed by atoms with E-state index in [0.29, 0.717) is 6.42 Å². The molecule has 2 aromatic rings. The van der Waals surface area contributed by atoms with E-state index in [2.05, 4.69) is 63.9 Å². The topological polar surface area (TPSA) is 60.2 Å². The highest BCUT2D eigenvalue weighted by atomic mass is 79.9. The molecular formula is C20H27Br2NO2S. The highest BCUT2D eigenvalue weighted by Gasteiger charge is 2.15. The molecule has 6 heteroatoms. The van der Waals surface area contributed by atoms with Gasteiger partial charge in [0.05, 0.1) is 4.90 Å². The van der Waals surface area contributed by atoms with Gasteiger partial charge in [0, 0.05) is 8.95 Å². The Hall–Kier alpha value is -0.690. The molecule has 3 nitrogen and oxygen atoms in total. The van der Waals surface area contributed by atoms with Crippen molar-refractivity contribution in [3.05, 3.63) is 61.5 Å². The minimum absolute atomic E-state index is 0.241. The van der Waals surface area contributed by atoms with Gasteiger partial charge in [0.1, 0.15) is 0 Å². The van der Waals surface area contributed by atoms with Crippen LogP contribution in [0.3, 0.4) is 0 Å². The minimum Gasteiger partial charge on any atom is -0.225 e. The van der Waals surface area contributed by atoms with E-state index >= 15 is 0 Å². The van der Waals surface area contributed by atoms with Gasteiger partial charge in [-0.25, -0.2) is 13.6 Å². The second-order valence-corrected chi connectivity index (χ2v) is 9.17. The lowest BCUT2D eigenvalue weighted by Gasteiger charge is -2.10. The van der Waals surface area contributed by atoms with Crippen molar-refractivity contribution in [2.75, 3.05) is 0 Å². The van der Waals surface area contributed by atoms with Crippen LogP contribution < -0.4 is 5.14 Å². The molecule has 0 heterocycles. The van der Waals surface area contributed by atoms with E-state index in [1.165, 1.54) is 15.6 Å². The Balaban J connectivity index is 0.000000273. The molecule has 144 valence electrons. The maximum Gasteiger partial charge on any atom is 0.238 e.